The zero-order chi connectivity index (χ0) is 11.3. The lowest BCUT2D eigenvalue weighted by molar-refractivity contribution is -0.140. The number of hydrogen-bond donors (Lipinski definition) is 0. The first-order chi connectivity index (χ1) is 7.24. The fraction of sp³-hybridized carbons (Fsp3) is 0.923. The average Bonchev–Trinajstić information content (AvgIpc) is 2.15. The number of amides is 1. The van der Waals surface area contributed by atoms with E-state index in [1.807, 2.05) is 0 Å². The van der Waals surface area contributed by atoms with E-state index in [2.05, 4.69) is 25.7 Å². The Bertz CT molecular complexity index is 195. The molecule has 0 saturated heterocycles. The molecule has 0 aliphatic heterocycles. The van der Waals surface area contributed by atoms with Gasteiger partial charge in [0.25, 0.3) is 0 Å². The third-order valence-corrected chi connectivity index (χ3v) is 3.59. The first-order valence-electron chi connectivity index (χ1n) is 6.55. The van der Waals surface area contributed by atoms with Gasteiger partial charge in [0.1, 0.15) is 0 Å². The smallest absolute Gasteiger partial charge is 0.225 e. The molecular formula is C13H25NO. The van der Waals surface area contributed by atoms with Gasteiger partial charge in [0.05, 0.1) is 0 Å². The van der Waals surface area contributed by atoms with Gasteiger partial charge in [-0.15, -0.1) is 0 Å². The molecule has 0 aromatic rings. The number of hydrogen-bond acceptors (Lipinski definition) is 1. The highest BCUT2D eigenvalue weighted by molar-refractivity contribution is 5.79. The second-order valence-corrected chi connectivity index (χ2v) is 4.63. The molecule has 0 spiro atoms. The first kappa shape index (κ1) is 12.5. The van der Waals surface area contributed by atoms with Crippen molar-refractivity contribution in [2.45, 2.75) is 65.3 Å². The minimum absolute atomic E-state index is 0.358. The van der Waals surface area contributed by atoms with Crippen LogP contribution in [-0.4, -0.2) is 23.4 Å². The minimum Gasteiger partial charge on any atom is -0.340 e. The van der Waals surface area contributed by atoms with Crippen LogP contribution in [0.1, 0.15) is 59.3 Å². The van der Waals surface area contributed by atoms with Crippen molar-refractivity contribution >= 4 is 5.91 Å². The monoisotopic (exact) mass is 211 g/mol. The molecule has 0 aromatic heterocycles. The minimum atomic E-state index is 0.358. The van der Waals surface area contributed by atoms with E-state index in [4.69, 9.17) is 0 Å². The molecule has 0 N–H and O–H groups in total. The lowest BCUT2D eigenvalue weighted by Crippen LogP contribution is -2.45. The van der Waals surface area contributed by atoms with Gasteiger partial charge in [-0.25, -0.2) is 0 Å². The van der Waals surface area contributed by atoms with Crippen molar-refractivity contribution in [2.24, 2.45) is 5.92 Å². The molecule has 88 valence electrons. The third kappa shape index (κ3) is 2.96. The molecule has 15 heavy (non-hydrogen) atoms. The predicted molar refractivity (Wildman–Crippen MR) is 63.7 cm³/mol. The Morgan fingerprint density at radius 2 is 1.87 bits per heavy atom. The van der Waals surface area contributed by atoms with Crippen LogP contribution in [0.2, 0.25) is 0 Å². The van der Waals surface area contributed by atoms with E-state index < -0.39 is 0 Å². The molecular weight excluding hydrogens is 186 g/mol. The van der Waals surface area contributed by atoms with E-state index in [1.165, 1.54) is 6.42 Å². The lowest BCUT2D eigenvalue weighted by atomic mass is 9.84. The van der Waals surface area contributed by atoms with Gasteiger partial charge in [0, 0.05) is 18.5 Å². The zero-order valence-corrected chi connectivity index (χ0v) is 10.5. The van der Waals surface area contributed by atoms with Crippen LogP contribution < -0.4 is 0 Å². The lowest BCUT2D eigenvalue weighted by Gasteiger charge is -2.36. The van der Waals surface area contributed by atoms with Crippen molar-refractivity contribution in [1.29, 1.82) is 0 Å². The Balaban J connectivity index is 2.57. The maximum atomic E-state index is 12.2. The summed E-state index contributed by atoms with van der Waals surface area (Å²) >= 11 is 0. The molecule has 0 atom stereocenters. The molecule has 1 aliphatic rings. The van der Waals surface area contributed by atoms with Crippen molar-refractivity contribution in [3.8, 4) is 0 Å². The second kappa shape index (κ2) is 6.14. The van der Waals surface area contributed by atoms with Crippen LogP contribution in [0.15, 0.2) is 0 Å². The predicted octanol–water partition coefficient (Wildman–Crippen LogP) is 3.21. The first-order valence-corrected chi connectivity index (χ1v) is 6.55. The van der Waals surface area contributed by atoms with Gasteiger partial charge in [0.15, 0.2) is 0 Å². The molecule has 0 unspecified atom stereocenters. The Morgan fingerprint density at radius 1 is 1.27 bits per heavy atom. The molecule has 1 fully saturated rings. The van der Waals surface area contributed by atoms with Crippen LogP contribution in [0.5, 0.6) is 0 Å². The Kier molecular flexibility index (Phi) is 5.13. The fourth-order valence-electron chi connectivity index (χ4n) is 2.33. The zero-order valence-electron chi connectivity index (χ0n) is 10.5. The molecule has 0 radical (unpaired) electrons. The van der Waals surface area contributed by atoms with E-state index in [1.54, 1.807) is 0 Å². The van der Waals surface area contributed by atoms with Crippen molar-refractivity contribution in [3.05, 3.63) is 0 Å². The van der Waals surface area contributed by atoms with Gasteiger partial charge < -0.3 is 4.90 Å². The number of carbonyl (C=O) groups is 1. The second-order valence-electron chi connectivity index (χ2n) is 4.63. The maximum absolute atomic E-state index is 12.2. The molecule has 0 bridgehead atoms. The third-order valence-electron chi connectivity index (χ3n) is 3.59. The van der Waals surface area contributed by atoms with E-state index in [-0.39, 0.29) is 0 Å². The van der Waals surface area contributed by atoms with Gasteiger partial charge >= 0.3 is 0 Å². The Hall–Kier alpha value is -0.530. The van der Waals surface area contributed by atoms with Crippen LogP contribution in [0.3, 0.4) is 0 Å². The van der Waals surface area contributed by atoms with E-state index in [0.29, 0.717) is 17.9 Å². The van der Waals surface area contributed by atoms with Gasteiger partial charge in [0.2, 0.25) is 5.91 Å². The summed E-state index contributed by atoms with van der Waals surface area (Å²) in [5, 5.41) is 0. The topological polar surface area (TPSA) is 20.3 Å². The summed E-state index contributed by atoms with van der Waals surface area (Å²) in [5.41, 5.74) is 0. The van der Waals surface area contributed by atoms with Gasteiger partial charge in [-0.1, -0.05) is 27.2 Å². The van der Waals surface area contributed by atoms with Crippen LogP contribution in [0, 0.1) is 5.92 Å². The quantitative estimate of drug-likeness (QED) is 0.660. The molecule has 2 heteroatoms. The van der Waals surface area contributed by atoms with Crippen molar-refractivity contribution < 1.29 is 4.79 Å². The van der Waals surface area contributed by atoms with Crippen LogP contribution in [0.4, 0.5) is 0 Å². The maximum Gasteiger partial charge on any atom is 0.225 e. The van der Waals surface area contributed by atoms with Crippen LogP contribution in [0.25, 0.3) is 0 Å². The van der Waals surface area contributed by atoms with Crippen molar-refractivity contribution in [2.75, 3.05) is 6.54 Å². The highest BCUT2D eigenvalue weighted by atomic mass is 16.2. The molecule has 1 saturated carbocycles. The molecule has 0 aromatic carbocycles. The number of carbonyl (C=O) groups excluding carboxylic acids is 1. The van der Waals surface area contributed by atoms with Gasteiger partial charge in [-0.05, 0) is 32.1 Å². The van der Waals surface area contributed by atoms with Gasteiger partial charge in [-0.3, -0.25) is 4.79 Å². The van der Waals surface area contributed by atoms with E-state index in [0.717, 1.165) is 38.6 Å². The summed E-state index contributed by atoms with van der Waals surface area (Å²) in [7, 11) is 0. The van der Waals surface area contributed by atoms with Crippen LogP contribution in [-0.2, 0) is 4.79 Å². The Labute approximate surface area is 94.0 Å². The van der Waals surface area contributed by atoms with E-state index >= 15 is 0 Å². The molecule has 0 heterocycles. The van der Waals surface area contributed by atoms with Crippen molar-refractivity contribution in [1.82, 2.24) is 4.90 Å². The highest BCUT2D eigenvalue weighted by Gasteiger charge is 2.31. The summed E-state index contributed by atoms with van der Waals surface area (Å²) in [6, 6.07) is 0.470. The van der Waals surface area contributed by atoms with Gasteiger partial charge in [-0.2, -0.15) is 0 Å². The fourth-order valence-corrected chi connectivity index (χ4v) is 2.33. The van der Waals surface area contributed by atoms with Crippen molar-refractivity contribution in [3.63, 3.8) is 0 Å². The molecule has 1 rings (SSSR count). The summed E-state index contributed by atoms with van der Waals surface area (Å²) in [5.74, 6) is 0.786. The standard InChI is InChI=1S/C13H25NO/c1-4-10-14(12(5-2)6-3)13(15)11-8-7-9-11/h11-12H,4-10H2,1-3H3. The molecule has 2 nitrogen and oxygen atoms in total. The largest absolute Gasteiger partial charge is 0.340 e. The average molecular weight is 211 g/mol. The Morgan fingerprint density at radius 3 is 2.20 bits per heavy atom. The number of nitrogens with zero attached hydrogens (tertiary/aromatic N) is 1. The summed E-state index contributed by atoms with van der Waals surface area (Å²) in [4.78, 5) is 14.3. The normalized spacial score (nSPS) is 16.5. The summed E-state index contributed by atoms with van der Waals surface area (Å²) < 4.78 is 0. The van der Waals surface area contributed by atoms with E-state index in [9.17, 15) is 4.79 Å². The highest BCUT2D eigenvalue weighted by Crippen LogP contribution is 2.29. The summed E-state index contributed by atoms with van der Waals surface area (Å²) in [6.07, 6.45) is 6.76. The SMILES string of the molecule is CCCN(C(=O)C1CCC1)C(CC)CC. The molecule has 1 aliphatic carbocycles. The number of rotatable bonds is 6. The summed E-state index contributed by atoms with van der Waals surface area (Å²) in [6.45, 7) is 7.47. The van der Waals surface area contributed by atoms with Crippen LogP contribution >= 0.6 is 0 Å². The molecule has 1 amide bonds.